The van der Waals surface area contributed by atoms with Gasteiger partial charge in [-0.25, -0.2) is 4.79 Å². The highest BCUT2D eigenvalue weighted by Crippen LogP contribution is 2.22. The van der Waals surface area contributed by atoms with E-state index in [0.29, 0.717) is 17.5 Å². The molecule has 0 aliphatic rings. The van der Waals surface area contributed by atoms with Gasteiger partial charge in [-0.15, -0.1) is 0 Å². The van der Waals surface area contributed by atoms with Crippen LogP contribution in [-0.2, 0) is 4.79 Å². The van der Waals surface area contributed by atoms with Gasteiger partial charge in [0.2, 0.25) is 0 Å². The predicted octanol–water partition coefficient (Wildman–Crippen LogP) is 4.45. The van der Waals surface area contributed by atoms with E-state index in [2.05, 4.69) is 18.7 Å². The fourth-order valence-electron chi connectivity index (χ4n) is 3.55. The zero-order valence-electron chi connectivity index (χ0n) is 19.1. The minimum atomic E-state index is -0.845. The van der Waals surface area contributed by atoms with Crippen molar-refractivity contribution in [2.24, 2.45) is 0 Å². The van der Waals surface area contributed by atoms with Crippen LogP contribution >= 0.6 is 0 Å². The maximum Gasteiger partial charge on any atom is 0.347 e. The number of carbonyl (C=O) groups is 2. The van der Waals surface area contributed by atoms with Crippen molar-refractivity contribution in [1.82, 2.24) is 0 Å². The Balaban J connectivity index is 1.76. The number of rotatable bonds is 10. The topological polar surface area (TPSA) is 91.1 Å². The predicted molar refractivity (Wildman–Crippen MR) is 131 cm³/mol. The molecule has 0 aliphatic carbocycles. The van der Waals surface area contributed by atoms with Crippen LogP contribution in [0.5, 0.6) is 0 Å². The van der Waals surface area contributed by atoms with E-state index >= 15 is 0 Å². The Morgan fingerprint density at radius 2 is 1.67 bits per heavy atom. The van der Waals surface area contributed by atoms with Gasteiger partial charge in [0.15, 0.2) is 5.78 Å². The Kier molecular flexibility index (Phi) is 7.66. The molecule has 0 atom stereocenters. The number of hydrogen-bond acceptors (Lipinski definition) is 6. The minimum Gasteiger partial charge on any atom is -0.481 e. The second-order valence-corrected chi connectivity index (χ2v) is 7.70. The van der Waals surface area contributed by atoms with E-state index in [1.54, 1.807) is 12.1 Å². The molecule has 0 saturated heterocycles. The summed E-state index contributed by atoms with van der Waals surface area (Å²) < 4.78 is 5.44. The van der Waals surface area contributed by atoms with E-state index in [-0.39, 0.29) is 12.0 Å². The first kappa shape index (κ1) is 23.8. The average molecular weight is 449 g/mol. The number of carbonyl (C=O) groups excluding carboxylic acids is 1. The zero-order valence-corrected chi connectivity index (χ0v) is 19.1. The van der Waals surface area contributed by atoms with Gasteiger partial charge in [-0.05, 0) is 55.8 Å². The number of ketones is 1. The van der Waals surface area contributed by atoms with Crippen molar-refractivity contribution in [2.75, 3.05) is 36.5 Å². The van der Waals surface area contributed by atoms with Crippen LogP contribution in [0, 0.1) is 0 Å². The molecule has 0 bridgehead atoms. The lowest BCUT2D eigenvalue weighted by atomic mass is 10.1. The number of carboxylic acids is 1. The van der Waals surface area contributed by atoms with Crippen LogP contribution in [-0.4, -0.2) is 43.5 Å². The summed E-state index contributed by atoms with van der Waals surface area (Å²) in [6, 6.07) is 14.6. The van der Waals surface area contributed by atoms with Gasteiger partial charge in [-0.3, -0.25) is 9.59 Å². The first-order valence-electron chi connectivity index (χ1n) is 10.9. The van der Waals surface area contributed by atoms with Gasteiger partial charge in [0, 0.05) is 49.5 Å². The van der Waals surface area contributed by atoms with Gasteiger partial charge in [-0.1, -0.05) is 18.2 Å². The van der Waals surface area contributed by atoms with Crippen molar-refractivity contribution in [2.45, 2.75) is 20.3 Å². The van der Waals surface area contributed by atoms with Crippen molar-refractivity contribution in [1.29, 1.82) is 0 Å². The largest absolute Gasteiger partial charge is 0.481 e. The van der Waals surface area contributed by atoms with E-state index < -0.39 is 17.4 Å². The summed E-state index contributed by atoms with van der Waals surface area (Å²) >= 11 is 0. The molecular weight excluding hydrogens is 420 g/mol. The van der Waals surface area contributed by atoms with Crippen molar-refractivity contribution in [3.8, 4) is 0 Å². The van der Waals surface area contributed by atoms with E-state index in [4.69, 9.17) is 9.52 Å². The summed E-state index contributed by atoms with van der Waals surface area (Å²) in [4.78, 5) is 39.8. The molecule has 172 valence electrons. The number of benzene rings is 2. The lowest BCUT2D eigenvalue weighted by Crippen LogP contribution is -2.21. The van der Waals surface area contributed by atoms with Crippen LogP contribution in [0.3, 0.4) is 0 Å². The number of nitrogens with zero attached hydrogens (tertiary/aromatic N) is 2. The molecule has 1 N–H and O–H groups in total. The molecule has 1 heterocycles. The van der Waals surface area contributed by atoms with Gasteiger partial charge >= 0.3 is 11.6 Å². The fourth-order valence-corrected chi connectivity index (χ4v) is 3.55. The van der Waals surface area contributed by atoms with Crippen LogP contribution in [0.4, 0.5) is 11.4 Å². The molecule has 0 fully saturated rings. The Hall–Kier alpha value is -3.87. The highest BCUT2D eigenvalue weighted by Gasteiger charge is 2.13. The third kappa shape index (κ3) is 5.88. The number of carboxylic acid groups (broad SMARTS) is 1. The quantitative estimate of drug-likeness (QED) is 0.278. The minimum absolute atomic E-state index is 0.0145. The summed E-state index contributed by atoms with van der Waals surface area (Å²) in [6.45, 7) is 6.20. The van der Waals surface area contributed by atoms with Crippen molar-refractivity contribution < 1.29 is 19.1 Å². The van der Waals surface area contributed by atoms with Crippen molar-refractivity contribution in [3.05, 3.63) is 76.2 Å². The second-order valence-electron chi connectivity index (χ2n) is 7.70. The standard InChI is InChI=1S/C26H28N2O5/c1-4-28(5-2)21-12-9-19-16-22(26(32)33-24(19)17-21)23(29)13-8-18-6-10-20(11-7-18)27(3)15-14-25(30)31/h6-13,16-17H,4-5,14-15H2,1-3H3,(H,30,31)/b13-8+. The van der Waals surface area contributed by atoms with Crippen LogP contribution in [0.15, 0.2) is 63.8 Å². The molecule has 33 heavy (non-hydrogen) atoms. The molecule has 0 amide bonds. The van der Waals surface area contributed by atoms with E-state index in [1.807, 2.05) is 54.4 Å². The van der Waals surface area contributed by atoms with E-state index in [0.717, 1.165) is 30.0 Å². The van der Waals surface area contributed by atoms with Gasteiger partial charge < -0.3 is 19.3 Å². The van der Waals surface area contributed by atoms with Gasteiger partial charge in [0.05, 0.1) is 6.42 Å². The van der Waals surface area contributed by atoms with E-state index in [1.165, 1.54) is 6.08 Å². The molecule has 7 heteroatoms. The molecule has 3 rings (SSSR count). The first-order chi connectivity index (χ1) is 15.8. The number of allylic oxidation sites excluding steroid dienone is 1. The fraction of sp³-hybridized carbons (Fsp3) is 0.269. The maximum atomic E-state index is 12.7. The summed E-state index contributed by atoms with van der Waals surface area (Å²) in [5.74, 6) is -1.27. The van der Waals surface area contributed by atoms with Crippen molar-refractivity contribution >= 4 is 40.2 Å². The highest BCUT2D eigenvalue weighted by atomic mass is 16.4. The number of aliphatic carboxylic acids is 1. The second kappa shape index (κ2) is 10.6. The summed E-state index contributed by atoms with van der Waals surface area (Å²) in [5.41, 5.74) is 2.40. The molecule has 0 unspecified atom stereocenters. The third-order valence-electron chi connectivity index (χ3n) is 5.54. The van der Waals surface area contributed by atoms with E-state index in [9.17, 15) is 14.4 Å². The molecule has 7 nitrogen and oxygen atoms in total. The number of fused-ring (bicyclic) bond motifs is 1. The number of anilines is 2. The molecule has 2 aromatic carbocycles. The molecule has 0 aliphatic heterocycles. The average Bonchev–Trinajstić information content (AvgIpc) is 2.81. The van der Waals surface area contributed by atoms with Gasteiger partial charge in [0.1, 0.15) is 11.1 Å². The molecule has 1 aromatic heterocycles. The summed E-state index contributed by atoms with van der Waals surface area (Å²) in [5, 5.41) is 9.49. The van der Waals surface area contributed by atoms with Crippen LogP contribution in [0.1, 0.15) is 36.2 Å². The van der Waals surface area contributed by atoms with Gasteiger partial charge in [0.25, 0.3) is 0 Å². The van der Waals surface area contributed by atoms with Gasteiger partial charge in [-0.2, -0.15) is 0 Å². The van der Waals surface area contributed by atoms with Crippen LogP contribution in [0.25, 0.3) is 17.0 Å². The Morgan fingerprint density at radius 3 is 2.30 bits per heavy atom. The lowest BCUT2D eigenvalue weighted by Gasteiger charge is -2.20. The first-order valence-corrected chi connectivity index (χ1v) is 10.9. The molecule has 0 radical (unpaired) electrons. The van der Waals surface area contributed by atoms with Crippen LogP contribution < -0.4 is 15.4 Å². The van der Waals surface area contributed by atoms with Crippen LogP contribution in [0.2, 0.25) is 0 Å². The smallest absolute Gasteiger partial charge is 0.347 e. The highest BCUT2D eigenvalue weighted by molar-refractivity contribution is 6.07. The normalized spacial score (nSPS) is 11.1. The maximum absolute atomic E-state index is 12.7. The molecule has 0 spiro atoms. The monoisotopic (exact) mass is 448 g/mol. The summed E-state index contributed by atoms with van der Waals surface area (Å²) in [7, 11) is 1.82. The molecule has 3 aromatic rings. The third-order valence-corrected chi connectivity index (χ3v) is 5.54. The molecule has 0 saturated carbocycles. The number of hydrogen-bond donors (Lipinski definition) is 1. The summed E-state index contributed by atoms with van der Waals surface area (Å²) in [6.07, 6.45) is 3.04. The van der Waals surface area contributed by atoms with Crippen molar-refractivity contribution in [3.63, 3.8) is 0 Å². The Bertz CT molecular complexity index is 1220. The molecular formula is C26H28N2O5. The Labute approximate surface area is 192 Å². The SMILES string of the molecule is CCN(CC)c1ccc2cc(C(=O)/C=C/c3ccc(N(C)CCC(=O)O)cc3)c(=O)oc2c1. The zero-order chi connectivity index (χ0) is 24.0. The lowest BCUT2D eigenvalue weighted by molar-refractivity contribution is -0.136. The Morgan fingerprint density at radius 1 is 1.00 bits per heavy atom.